The fourth-order valence-electron chi connectivity index (χ4n) is 6.58. The summed E-state index contributed by atoms with van der Waals surface area (Å²) >= 11 is 0. The van der Waals surface area contributed by atoms with E-state index >= 15 is 0 Å². The van der Waals surface area contributed by atoms with Crippen LogP contribution in [0.4, 0.5) is 0 Å². The number of carbonyl (C=O) groups excluding carboxylic acids is 2. The molecule has 2 saturated carbocycles. The van der Waals surface area contributed by atoms with E-state index in [2.05, 4.69) is 26.0 Å². The van der Waals surface area contributed by atoms with Crippen LogP contribution in [0.25, 0.3) is 0 Å². The van der Waals surface area contributed by atoms with Crippen LogP contribution in [0.3, 0.4) is 0 Å². The third-order valence-electron chi connectivity index (χ3n) is 8.03. The van der Waals surface area contributed by atoms with Gasteiger partial charge < -0.3 is 9.47 Å². The van der Waals surface area contributed by atoms with Crippen molar-refractivity contribution in [2.24, 2.45) is 28.6 Å². The molecule has 0 radical (unpaired) electrons. The number of methoxy groups -OCH3 is 2. The molecule has 4 aliphatic carbocycles. The Balaban J connectivity index is 1.72. The van der Waals surface area contributed by atoms with Gasteiger partial charge in [-0.05, 0) is 54.6 Å². The van der Waals surface area contributed by atoms with Gasteiger partial charge >= 0.3 is 5.97 Å². The molecule has 0 saturated heterocycles. The molecule has 4 aliphatic rings. The van der Waals surface area contributed by atoms with Gasteiger partial charge in [0.15, 0.2) is 0 Å². The number of esters is 1. The largest absolute Gasteiger partial charge is 0.501 e. The van der Waals surface area contributed by atoms with Crippen molar-refractivity contribution in [1.29, 1.82) is 0 Å². The van der Waals surface area contributed by atoms with Crippen LogP contribution in [0.2, 0.25) is 0 Å². The van der Waals surface area contributed by atoms with Gasteiger partial charge in [-0.2, -0.15) is 0 Å². The summed E-state index contributed by atoms with van der Waals surface area (Å²) in [5.41, 5.74) is 2.11. The maximum atomic E-state index is 13.5. The fraction of sp³-hybridized carbons (Fsp3) is 0.652. The number of Topliss-reactive ketones (excluding diaryl/α,β-unsaturated/α-hetero) is 1. The van der Waals surface area contributed by atoms with Gasteiger partial charge in [0, 0.05) is 30.3 Å². The van der Waals surface area contributed by atoms with Gasteiger partial charge in [-0.1, -0.05) is 25.5 Å². The molecular formula is C23H30O4. The standard InChI is InChI=1S/C23H30O4/c1-22-10-9-16(26-3)11-14(22)5-7-17-18-8-6-15(12-20(25)27-4)23(18,2)13-19(24)21(17)22/h5,11-12,17-18,21H,6-10,13H2,1-4H3/b15-12-/t17-,18-,21+,22+,23+/m1/s1. The van der Waals surface area contributed by atoms with Crippen LogP contribution in [0.15, 0.2) is 35.1 Å². The van der Waals surface area contributed by atoms with Crippen LogP contribution in [-0.2, 0) is 19.1 Å². The first-order chi connectivity index (χ1) is 12.8. The van der Waals surface area contributed by atoms with E-state index in [9.17, 15) is 9.59 Å². The predicted octanol–water partition coefficient (Wildman–Crippen LogP) is 4.37. The molecule has 146 valence electrons. The molecule has 0 unspecified atom stereocenters. The molecule has 0 bridgehead atoms. The van der Waals surface area contributed by atoms with Gasteiger partial charge in [-0.25, -0.2) is 4.79 Å². The Labute approximate surface area is 161 Å². The number of hydrogen-bond acceptors (Lipinski definition) is 4. The zero-order valence-corrected chi connectivity index (χ0v) is 16.8. The van der Waals surface area contributed by atoms with Crippen LogP contribution < -0.4 is 0 Å². The minimum absolute atomic E-state index is 0.0851. The van der Waals surface area contributed by atoms with E-state index in [-0.39, 0.29) is 22.7 Å². The summed E-state index contributed by atoms with van der Waals surface area (Å²) in [6, 6.07) is 0. The fourth-order valence-corrected chi connectivity index (χ4v) is 6.58. The number of rotatable bonds is 2. The van der Waals surface area contributed by atoms with E-state index < -0.39 is 0 Å². The SMILES string of the molecule is COC(=O)/C=C1/CC[C@@H]2[C@H]3CC=C4C=C(OC)CC[C@]4(C)[C@@H]3C(=O)C[C@@]12C. The van der Waals surface area contributed by atoms with E-state index in [0.29, 0.717) is 24.0 Å². The van der Waals surface area contributed by atoms with Gasteiger partial charge in [0.2, 0.25) is 0 Å². The average Bonchev–Trinajstić information content (AvgIpc) is 2.96. The van der Waals surface area contributed by atoms with E-state index in [1.807, 2.05) is 0 Å². The highest BCUT2D eigenvalue weighted by Crippen LogP contribution is 2.64. The lowest BCUT2D eigenvalue weighted by Crippen LogP contribution is -2.53. The summed E-state index contributed by atoms with van der Waals surface area (Å²) in [5.74, 6) is 2.00. The van der Waals surface area contributed by atoms with Crippen molar-refractivity contribution in [3.05, 3.63) is 35.1 Å². The topological polar surface area (TPSA) is 52.6 Å². The van der Waals surface area contributed by atoms with E-state index in [1.54, 1.807) is 13.2 Å². The second kappa shape index (κ2) is 6.35. The zero-order valence-electron chi connectivity index (χ0n) is 16.8. The van der Waals surface area contributed by atoms with Gasteiger partial charge in [0.1, 0.15) is 5.78 Å². The molecule has 5 atom stereocenters. The predicted molar refractivity (Wildman–Crippen MR) is 103 cm³/mol. The minimum atomic E-state index is -0.302. The summed E-state index contributed by atoms with van der Waals surface area (Å²) < 4.78 is 10.3. The number of fused-ring (bicyclic) bond motifs is 5. The lowest BCUT2D eigenvalue weighted by Gasteiger charge is -2.55. The van der Waals surface area contributed by atoms with Crippen LogP contribution >= 0.6 is 0 Å². The van der Waals surface area contributed by atoms with Gasteiger partial charge in [0.25, 0.3) is 0 Å². The highest BCUT2D eigenvalue weighted by atomic mass is 16.5. The van der Waals surface area contributed by atoms with Gasteiger partial charge in [0.05, 0.1) is 20.0 Å². The second-order valence-corrected chi connectivity index (χ2v) is 9.17. The molecule has 0 aromatic heterocycles. The molecule has 4 rings (SSSR count). The van der Waals surface area contributed by atoms with Crippen molar-refractivity contribution in [3.8, 4) is 0 Å². The normalized spacial score (nSPS) is 41.9. The van der Waals surface area contributed by atoms with E-state index in [0.717, 1.165) is 43.4 Å². The highest BCUT2D eigenvalue weighted by Gasteiger charge is 2.60. The van der Waals surface area contributed by atoms with Crippen LogP contribution in [0.5, 0.6) is 0 Å². The molecule has 2 fully saturated rings. The molecular weight excluding hydrogens is 340 g/mol. The number of ether oxygens (including phenoxy) is 2. The number of carbonyl (C=O) groups is 2. The number of hydrogen-bond donors (Lipinski definition) is 0. The van der Waals surface area contributed by atoms with Gasteiger partial charge in [-0.15, -0.1) is 0 Å². The van der Waals surface area contributed by atoms with Crippen molar-refractivity contribution in [3.63, 3.8) is 0 Å². The Kier molecular flexibility index (Phi) is 4.36. The maximum Gasteiger partial charge on any atom is 0.330 e. The lowest BCUT2D eigenvalue weighted by molar-refractivity contribution is -0.140. The number of ketones is 1. The smallest absolute Gasteiger partial charge is 0.330 e. The zero-order chi connectivity index (χ0) is 19.4. The average molecular weight is 370 g/mol. The Morgan fingerprint density at radius 3 is 2.70 bits per heavy atom. The quantitative estimate of drug-likeness (QED) is 0.535. The lowest BCUT2D eigenvalue weighted by atomic mass is 9.48. The summed E-state index contributed by atoms with van der Waals surface area (Å²) in [5, 5.41) is 0. The van der Waals surface area contributed by atoms with Crippen molar-refractivity contribution in [2.45, 2.75) is 52.4 Å². The van der Waals surface area contributed by atoms with E-state index in [4.69, 9.17) is 9.47 Å². The van der Waals surface area contributed by atoms with E-state index in [1.165, 1.54) is 12.7 Å². The Morgan fingerprint density at radius 2 is 2.00 bits per heavy atom. The minimum Gasteiger partial charge on any atom is -0.501 e. The Bertz CT molecular complexity index is 773. The third-order valence-corrected chi connectivity index (χ3v) is 8.03. The molecule has 27 heavy (non-hydrogen) atoms. The van der Waals surface area contributed by atoms with Gasteiger partial charge in [-0.3, -0.25) is 4.79 Å². The first-order valence-corrected chi connectivity index (χ1v) is 10.1. The molecule has 0 aromatic rings. The molecule has 0 N–H and O–H groups in total. The molecule has 4 heteroatoms. The first kappa shape index (κ1) is 18.5. The Morgan fingerprint density at radius 1 is 1.22 bits per heavy atom. The first-order valence-electron chi connectivity index (χ1n) is 10.1. The Hall–Kier alpha value is -1.84. The highest BCUT2D eigenvalue weighted by molar-refractivity contribution is 5.87. The summed E-state index contributed by atoms with van der Waals surface area (Å²) in [4.78, 5) is 25.3. The third kappa shape index (κ3) is 2.63. The number of allylic oxidation sites excluding steroid dienone is 5. The molecule has 0 aliphatic heterocycles. The van der Waals surface area contributed by atoms with Crippen molar-refractivity contribution < 1.29 is 19.1 Å². The van der Waals surface area contributed by atoms with Crippen molar-refractivity contribution in [1.82, 2.24) is 0 Å². The van der Waals surface area contributed by atoms with Crippen molar-refractivity contribution in [2.75, 3.05) is 14.2 Å². The molecule has 0 amide bonds. The summed E-state index contributed by atoms with van der Waals surface area (Å²) in [6.45, 7) is 4.47. The van der Waals surface area contributed by atoms with Crippen molar-refractivity contribution >= 4 is 11.8 Å². The molecule has 4 nitrogen and oxygen atoms in total. The summed E-state index contributed by atoms with van der Waals surface area (Å²) in [7, 11) is 3.14. The van der Waals surface area contributed by atoms with Crippen LogP contribution in [-0.4, -0.2) is 26.0 Å². The maximum absolute atomic E-state index is 13.5. The molecule has 0 aromatic carbocycles. The molecule has 0 heterocycles. The monoisotopic (exact) mass is 370 g/mol. The van der Waals surface area contributed by atoms with Crippen LogP contribution in [0.1, 0.15) is 52.4 Å². The second-order valence-electron chi connectivity index (χ2n) is 9.17. The summed E-state index contributed by atoms with van der Waals surface area (Å²) in [6.07, 6.45) is 11.5. The van der Waals surface area contributed by atoms with Crippen LogP contribution in [0, 0.1) is 28.6 Å². The molecule has 0 spiro atoms.